The van der Waals surface area contributed by atoms with Gasteiger partial charge in [-0.2, -0.15) is 5.10 Å². The SMILES string of the molecule is O=C(N/N=C/c1cc([N+](=O)[O-])cc([N+](=O)[O-])c1O)c1ccc(NC(=O)c2ccccc2Cl)cc1. The zero-order valence-corrected chi connectivity index (χ0v) is 17.7. The number of nitro groups is 2. The van der Waals surface area contributed by atoms with Gasteiger partial charge in [0.2, 0.25) is 5.75 Å². The Balaban J connectivity index is 1.69. The van der Waals surface area contributed by atoms with E-state index in [4.69, 9.17) is 11.6 Å². The highest BCUT2D eigenvalue weighted by Gasteiger charge is 2.23. The van der Waals surface area contributed by atoms with E-state index in [1.165, 1.54) is 24.3 Å². The van der Waals surface area contributed by atoms with E-state index in [9.17, 15) is 34.9 Å². The third-order valence-electron chi connectivity index (χ3n) is 4.40. The average molecular weight is 484 g/mol. The zero-order chi connectivity index (χ0) is 24.8. The lowest BCUT2D eigenvalue weighted by molar-refractivity contribution is -0.394. The average Bonchev–Trinajstić information content (AvgIpc) is 2.80. The van der Waals surface area contributed by atoms with Crippen LogP contribution in [0.2, 0.25) is 5.02 Å². The molecule has 13 heteroatoms. The molecule has 0 bridgehead atoms. The monoisotopic (exact) mass is 483 g/mol. The highest BCUT2D eigenvalue weighted by molar-refractivity contribution is 6.34. The summed E-state index contributed by atoms with van der Waals surface area (Å²) in [4.78, 5) is 44.6. The van der Waals surface area contributed by atoms with Crippen molar-refractivity contribution in [3.63, 3.8) is 0 Å². The number of aromatic hydroxyl groups is 1. The quantitative estimate of drug-likeness (QED) is 0.259. The van der Waals surface area contributed by atoms with Crippen molar-refractivity contribution >= 4 is 46.7 Å². The summed E-state index contributed by atoms with van der Waals surface area (Å²) in [5, 5.41) is 38.4. The van der Waals surface area contributed by atoms with Crippen molar-refractivity contribution in [3.8, 4) is 5.75 Å². The molecule has 0 spiro atoms. The van der Waals surface area contributed by atoms with Crippen LogP contribution in [0.4, 0.5) is 17.1 Å². The number of nitrogens with one attached hydrogen (secondary N) is 2. The van der Waals surface area contributed by atoms with E-state index in [2.05, 4.69) is 15.8 Å². The second-order valence-corrected chi connectivity index (χ2v) is 7.03. The molecule has 12 nitrogen and oxygen atoms in total. The number of phenolic OH excluding ortho intramolecular Hbond substituents is 1. The number of phenols is 1. The summed E-state index contributed by atoms with van der Waals surface area (Å²) in [7, 11) is 0. The Labute approximate surface area is 195 Å². The van der Waals surface area contributed by atoms with Crippen LogP contribution in [0.15, 0.2) is 65.8 Å². The predicted molar refractivity (Wildman–Crippen MR) is 122 cm³/mol. The molecule has 0 radical (unpaired) electrons. The molecule has 3 N–H and O–H groups in total. The molecular weight excluding hydrogens is 470 g/mol. The summed E-state index contributed by atoms with van der Waals surface area (Å²) < 4.78 is 0. The second-order valence-electron chi connectivity index (χ2n) is 6.63. The highest BCUT2D eigenvalue weighted by Crippen LogP contribution is 2.33. The third kappa shape index (κ3) is 5.49. The van der Waals surface area contributed by atoms with Crippen molar-refractivity contribution in [2.24, 2.45) is 5.10 Å². The van der Waals surface area contributed by atoms with Crippen LogP contribution in [-0.4, -0.2) is 33.0 Å². The Kier molecular flexibility index (Phi) is 7.13. The topological polar surface area (TPSA) is 177 Å². The molecule has 0 unspecified atom stereocenters. The van der Waals surface area contributed by atoms with Gasteiger partial charge in [-0.15, -0.1) is 0 Å². The molecule has 0 heterocycles. The summed E-state index contributed by atoms with van der Waals surface area (Å²) in [6, 6.07) is 13.7. The molecule has 0 aromatic heterocycles. The fraction of sp³-hybridized carbons (Fsp3) is 0. The largest absolute Gasteiger partial charge is 0.502 e. The molecule has 3 aromatic rings. The molecule has 0 aliphatic heterocycles. The molecule has 34 heavy (non-hydrogen) atoms. The van der Waals surface area contributed by atoms with Crippen LogP contribution in [0.1, 0.15) is 26.3 Å². The number of anilines is 1. The molecule has 0 aliphatic carbocycles. The standard InChI is InChI=1S/C21H14ClN5O7/c22-17-4-2-1-3-16(17)21(30)24-14-7-5-12(6-8-14)20(29)25-23-11-13-9-15(26(31)32)10-18(19(13)28)27(33)34/h1-11,28H,(H,24,30)(H,25,29)/b23-11+. The van der Waals surface area contributed by atoms with E-state index in [0.29, 0.717) is 11.8 Å². The Morgan fingerprint density at radius 3 is 2.26 bits per heavy atom. The van der Waals surface area contributed by atoms with E-state index < -0.39 is 38.8 Å². The van der Waals surface area contributed by atoms with Crippen molar-refractivity contribution in [1.82, 2.24) is 5.43 Å². The van der Waals surface area contributed by atoms with Gasteiger partial charge in [0.15, 0.2) is 0 Å². The zero-order valence-electron chi connectivity index (χ0n) is 17.0. The summed E-state index contributed by atoms with van der Waals surface area (Å²) in [5.41, 5.74) is 1.13. The first-order chi connectivity index (χ1) is 16.2. The summed E-state index contributed by atoms with van der Waals surface area (Å²) >= 11 is 5.99. The smallest absolute Gasteiger partial charge is 0.318 e. The van der Waals surface area contributed by atoms with Gasteiger partial charge in [0.25, 0.3) is 17.5 Å². The van der Waals surface area contributed by atoms with E-state index in [1.807, 2.05) is 0 Å². The summed E-state index contributed by atoms with van der Waals surface area (Å²) in [6.07, 6.45) is 0.839. The Hall–Kier alpha value is -4.84. The van der Waals surface area contributed by atoms with Gasteiger partial charge in [0, 0.05) is 17.3 Å². The highest BCUT2D eigenvalue weighted by atomic mass is 35.5. The maximum Gasteiger partial charge on any atom is 0.318 e. The minimum absolute atomic E-state index is 0.155. The lowest BCUT2D eigenvalue weighted by atomic mass is 10.1. The number of amides is 2. The minimum atomic E-state index is -0.982. The molecule has 3 rings (SSSR count). The number of nitrogens with zero attached hydrogens (tertiary/aromatic N) is 3. The number of carbonyl (C=O) groups excluding carboxylic acids is 2. The Bertz CT molecular complexity index is 1330. The maximum atomic E-state index is 12.3. The van der Waals surface area contributed by atoms with Gasteiger partial charge in [-0.05, 0) is 36.4 Å². The first kappa shape index (κ1) is 23.8. The fourth-order valence-electron chi connectivity index (χ4n) is 2.74. The van der Waals surface area contributed by atoms with Gasteiger partial charge >= 0.3 is 5.69 Å². The molecule has 0 saturated heterocycles. The van der Waals surface area contributed by atoms with Gasteiger partial charge in [0.05, 0.1) is 38.3 Å². The van der Waals surface area contributed by atoms with Gasteiger partial charge in [0.1, 0.15) is 0 Å². The van der Waals surface area contributed by atoms with Gasteiger partial charge in [-0.3, -0.25) is 29.8 Å². The molecule has 0 aliphatic rings. The van der Waals surface area contributed by atoms with Crippen molar-refractivity contribution in [1.29, 1.82) is 0 Å². The van der Waals surface area contributed by atoms with Crippen molar-refractivity contribution in [2.75, 3.05) is 5.32 Å². The lowest BCUT2D eigenvalue weighted by Crippen LogP contribution is -2.18. The number of hydrogen-bond donors (Lipinski definition) is 3. The van der Waals surface area contributed by atoms with Crippen LogP contribution < -0.4 is 10.7 Å². The number of rotatable bonds is 7. The van der Waals surface area contributed by atoms with E-state index in [-0.39, 0.29) is 21.7 Å². The van der Waals surface area contributed by atoms with Crippen molar-refractivity contribution in [2.45, 2.75) is 0 Å². The molecule has 0 fully saturated rings. The van der Waals surface area contributed by atoms with Crippen LogP contribution in [-0.2, 0) is 0 Å². The summed E-state index contributed by atoms with van der Waals surface area (Å²) in [5.74, 6) is -1.95. The second kappa shape index (κ2) is 10.2. The van der Waals surface area contributed by atoms with Crippen molar-refractivity contribution < 1.29 is 24.5 Å². The van der Waals surface area contributed by atoms with Gasteiger partial charge in [-0.25, -0.2) is 5.43 Å². The Morgan fingerprint density at radius 2 is 1.65 bits per heavy atom. The predicted octanol–water partition coefficient (Wildman–Crippen LogP) is 3.88. The number of carbonyl (C=O) groups is 2. The summed E-state index contributed by atoms with van der Waals surface area (Å²) in [6.45, 7) is 0. The fourth-order valence-corrected chi connectivity index (χ4v) is 2.96. The van der Waals surface area contributed by atoms with Crippen LogP contribution in [0.25, 0.3) is 0 Å². The van der Waals surface area contributed by atoms with Gasteiger partial charge in [-0.1, -0.05) is 23.7 Å². The van der Waals surface area contributed by atoms with E-state index >= 15 is 0 Å². The molecule has 2 amide bonds. The van der Waals surface area contributed by atoms with Crippen LogP contribution in [0.5, 0.6) is 5.75 Å². The number of hydrazone groups is 1. The molecule has 0 saturated carbocycles. The third-order valence-corrected chi connectivity index (χ3v) is 4.73. The van der Waals surface area contributed by atoms with Crippen LogP contribution >= 0.6 is 11.6 Å². The first-order valence-electron chi connectivity index (χ1n) is 9.32. The van der Waals surface area contributed by atoms with Crippen LogP contribution in [0, 0.1) is 20.2 Å². The number of benzene rings is 3. The number of hydrogen-bond acceptors (Lipinski definition) is 8. The molecule has 172 valence electrons. The normalized spacial score (nSPS) is 10.6. The van der Waals surface area contributed by atoms with Crippen LogP contribution in [0.3, 0.4) is 0 Å². The Morgan fingerprint density at radius 1 is 0.971 bits per heavy atom. The number of halogens is 1. The first-order valence-corrected chi connectivity index (χ1v) is 9.70. The maximum absolute atomic E-state index is 12.3. The molecular formula is C21H14ClN5O7. The molecule has 3 aromatic carbocycles. The van der Waals surface area contributed by atoms with Crippen molar-refractivity contribution in [3.05, 3.63) is 103 Å². The number of non-ortho nitro benzene ring substituents is 1. The lowest BCUT2D eigenvalue weighted by Gasteiger charge is -2.07. The van der Waals surface area contributed by atoms with Gasteiger partial charge < -0.3 is 10.4 Å². The minimum Gasteiger partial charge on any atom is -0.502 e. The number of nitro benzene ring substituents is 2. The molecule has 0 atom stereocenters. The van der Waals surface area contributed by atoms with E-state index in [0.717, 1.165) is 12.3 Å². The van der Waals surface area contributed by atoms with E-state index in [1.54, 1.807) is 24.3 Å².